The first-order valence-corrected chi connectivity index (χ1v) is 6.04. The van der Waals surface area contributed by atoms with E-state index in [1.165, 1.54) is 15.3 Å². The quantitative estimate of drug-likeness (QED) is 0.783. The Morgan fingerprint density at radius 1 is 1.43 bits per heavy atom. The Kier molecular flexibility index (Phi) is 4.91. The van der Waals surface area contributed by atoms with Crippen molar-refractivity contribution in [1.29, 1.82) is 0 Å². The molecule has 0 saturated heterocycles. The van der Waals surface area contributed by atoms with Gasteiger partial charge in [-0.1, -0.05) is 19.4 Å². The van der Waals surface area contributed by atoms with Crippen LogP contribution in [0.2, 0.25) is 0 Å². The van der Waals surface area contributed by atoms with Crippen molar-refractivity contribution in [3.63, 3.8) is 0 Å². The molecule has 0 radical (unpaired) electrons. The van der Waals surface area contributed by atoms with Gasteiger partial charge < -0.3 is 5.32 Å². The highest BCUT2D eigenvalue weighted by Crippen LogP contribution is 2.18. The molecule has 0 aliphatic carbocycles. The molecule has 1 heterocycles. The van der Waals surface area contributed by atoms with Crippen molar-refractivity contribution in [3.05, 3.63) is 27.5 Å². The average molecular weight is 209 g/mol. The van der Waals surface area contributed by atoms with E-state index < -0.39 is 0 Å². The highest BCUT2D eigenvalue weighted by atomic mass is 32.1. The first kappa shape index (κ1) is 11.5. The van der Waals surface area contributed by atoms with Crippen molar-refractivity contribution in [3.8, 4) is 0 Å². The number of likely N-dealkylation sites (N-methyl/N-ethyl adjacent to an activating group) is 1. The second kappa shape index (κ2) is 5.99. The molecule has 0 atom stereocenters. The minimum atomic E-state index is 1.02. The van der Waals surface area contributed by atoms with Gasteiger partial charge in [-0.05, 0) is 38.1 Å². The Hall–Kier alpha value is -0.600. The maximum absolute atomic E-state index is 3.36. The summed E-state index contributed by atoms with van der Waals surface area (Å²) in [5.74, 6) is 0. The summed E-state index contributed by atoms with van der Waals surface area (Å²) in [6.45, 7) is 8.56. The fourth-order valence-electron chi connectivity index (χ4n) is 1.30. The highest BCUT2D eigenvalue weighted by Gasteiger charge is 1.96. The summed E-state index contributed by atoms with van der Waals surface area (Å²) in [5.41, 5.74) is 1.48. The van der Waals surface area contributed by atoms with E-state index in [-0.39, 0.29) is 0 Å². The predicted octanol–water partition coefficient (Wildman–Crippen LogP) is 3.46. The lowest BCUT2D eigenvalue weighted by Gasteiger charge is -2.04. The lowest BCUT2D eigenvalue weighted by molar-refractivity contribution is 0.762. The summed E-state index contributed by atoms with van der Waals surface area (Å²) in [4.78, 5) is 2.76. The zero-order valence-electron chi connectivity index (χ0n) is 9.26. The summed E-state index contributed by atoms with van der Waals surface area (Å²) in [6.07, 6.45) is 3.43. The van der Waals surface area contributed by atoms with Gasteiger partial charge in [-0.25, -0.2) is 0 Å². The van der Waals surface area contributed by atoms with Gasteiger partial charge in [-0.3, -0.25) is 0 Å². The molecule has 1 nitrogen and oxygen atoms in total. The van der Waals surface area contributed by atoms with Crippen molar-refractivity contribution in [2.45, 2.75) is 27.2 Å². The van der Waals surface area contributed by atoms with Crippen molar-refractivity contribution in [2.24, 2.45) is 0 Å². The van der Waals surface area contributed by atoms with E-state index in [1.807, 2.05) is 11.3 Å². The normalized spacial score (nSPS) is 12.1. The van der Waals surface area contributed by atoms with Gasteiger partial charge >= 0.3 is 0 Å². The molecule has 0 aliphatic rings. The number of nitrogens with one attached hydrogen (secondary N) is 1. The Balaban J connectivity index is 2.63. The van der Waals surface area contributed by atoms with Gasteiger partial charge in [0.15, 0.2) is 0 Å². The smallest absolute Gasteiger partial charge is 0.0273 e. The maximum Gasteiger partial charge on any atom is 0.0273 e. The van der Waals surface area contributed by atoms with Crippen molar-refractivity contribution < 1.29 is 0 Å². The molecule has 0 fully saturated rings. The molecule has 1 aromatic heterocycles. The summed E-state index contributed by atoms with van der Waals surface area (Å²) in [7, 11) is 0. The van der Waals surface area contributed by atoms with Crippen LogP contribution < -0.4 is 5.32 Å². The van der Waals surface area contributed by atoms with Crippen molar-refractivity contribution in [1.82, 2.24) is 5.32 Å². The molecule has 78 valence electrons. The SMILES string of the molecule is CCNCC(=Cc1ccc(C)s1)CC. The summed E-state index contributed by atoms with van der Waals surface area (Å²) < 4.78 is 0. The largest absolute Gasteiger partial charge is 0.313 e. The monoisotopic (exact) mass is 209 g/mol. The van der Waals surface area contributed by atoms with Crippen molar-refractivity contribution in [2.75, 3.05) is 13.1 Å². The Labute approximate surface area is 90.9 Å². The van der Waals surface area contributed by atoms with E-state index in [1.54, 1.807) is 0 Å². The van der Waals surface area contributed by atoms with Crippen LogP contribution in [0.4, 0.5) is 0 Å². The zero-order chi connectivity index (χ0) is 10.4. The second-order valence-corrected chi connectivity index (χ2v) is 4.70. The molecule has 0 unspecified atom stereocenters. The minimum Gasteiger partial charge on any atom is -0.313 e. The molecule has 0 aliphatic heterocycles. The molecular weight excluding hydrogens is 190 g/mol. The summed E-state index contributed by atoms with van der Waals surface area (Å²) in [5, 5.41) is 3.36. The van der Waals surface area contributed by atoms with Crippen LogP contribution in [0, 0.1) is 6.92 Å². The topological polar surface area (TPSA) is 12.0 Å². The number of hydrogen-bond acceptors (Lipinski definition) is 2. The minimum absolute atomic E-state index is 1.02. The molecule has 14 heavy (non-hydrogen) atoms. The van der Waals surface area contributed by atoms with Crippen molar-refractivity contribution >= 4 is 17.4 Å². The maximum atomic E-state index is 3.36. The highest BCUT2D eigenvalue weighted by molar-refractivity contribution is 7.12. The Morgan fingerprint density at radius 2 is 2.21 bits per heavy atom. The second-order valence-electron chi connectivity index (χ2n) is 3.38. The third kappa shape index (κ3) is 3.64. The lowest BCUT2D eigenvalue weighted by atomic mass is 10.2. The molecule has 0 bridgehead atoms. The van der Waals surface area contributed by atoms with E-state index in [0.717, 1.165) is 19.5 Å². The third-order valence-electron chi connectivity index (χ3n) is 2.16. The molecule has 0 aromatic carbocycles. The average Bonchev–Trinajstić information content (AvgIpc) is 2.58. The summed E-state index contributed by atoms with van der Waals surface area (Å²) in [6, 6.07) is 4.37. The molecule has 0 saturated carbocycles. The van der Waals surface area contributed by atoms with E-state index in [0.29, 0.717) is 0 Å². The fourth-order valence-corrected chi connectivity index (χ4v) is 2.17. The predicted molar refractivity (Wildman–Crippen MR) is 65.9 cm³/mol. The third-order valence-corrected chi connectivity index (χ3v) is 3.11. The van der Waals surface area contributed by atoms with Crippen LogP contribution in [0.15, 0.2) is 17.7 Å². The van der Waals surface area contributed by atoms with Crippen LogP contribution in [0.5, 0.6) is 0 Å². The Morgan fingerprint density at radius 3 is 2.71 bits per heavy atom. The van der Waals surface area contributed by atoms with Gasteiger partial charge in [0, 0.05) is 16.3 Å². The van der Waals surface area contributed by atoms with Crippen LogP contribution in [-0.2, 0) is 0 Å². The van der Waals surface area contributed by atoms with E-state index in [9.17, 15) is 0 Å². The van der Waals surface area contributed by atoms with Crippen LogP contribution in [0.1, 0.15) is 30.0 Å². The van der Waals surface area contributed by atoms with Crippen LogP contribution in [-0.4, -0.2) is 13.1 Å². The number of aryl methyl sites for hydroxylation is 1. The van der Waals surface area contributed by atoms with Gasteiger partial charge in [-0.15, -0.1) is 11.3 Å². The lowest BCUT2D eigenvalue weighted by Crippen LogP contribution is -2.15. The van der Waals surface area contributed by atoms with Crippen LogP contribution in [0.3, 0.4) is 0 Å². The molecule has 1 aromatic rings. The number of hydrogen-bond donors (Lipinski definition) is 1. The Bertz CT molecular complexity index is 299. The number of thiophene rings is 1. The van der Waals surface area contributed by atoms with Gasteiger partial charge in [0.25, 0.3) is 0 Å². The first-order valence-electron chi connectivity index (χ1n) is 5.22. The number of rotatable bonds is 5. The van der Waals surface area contributed by atoms with Gasteiger partial charge in [0.05, 0.1) is 0 Å². The molecule has 2 heteroatoms. The van der Waals surface area contributed by atoms with Gasteiger partial charge in [0.1, 0.15) is 0 Å². The zero-order valence-corrected chi connectivity index (χ0v) is 10.1. The van der Waals surface area contributed by atoms with Gasteiger partial charge in [0.2, 0.25) is 0 Å². The fraction of sp³-hybridized carbons (Fsp3) is 0.500. The molecule has 0 amide bonds. The molecule has 0 spiro atoms. The molecule has 1 N–H and O–H groups in total. The molecule has 1 rings (SSSR count). The van der Waals surface area contributed by atoms with Crippen LogP contribution >= 0.6 is 11.3 Å². The first-order chi connectivity index (χ1) is 6.76. The summed E-state index contributed by atoms with van der Waals surface area (Å²) >= 11 is 1.86. The molecular formula is C12H19NS. The van der Waals surface area contributed by atoms with E-state index >= 15 is 0 Å². The van der Waals surface area contributed by atoms with E-state index in [2.05, 4.69) is 44.3 Å². The van der Waals surface area contributed by atoms with E-state index in [4.69, 9.17) is 0 Å². The van der Waals surface area contributed by atoms with Crippen LogP contribution in [0.25, 0.3) is 6.08 Å². The van der Waals surface area contributed by atoms with Gasteiger partial charge in [-0.2, -0.15) is 0 Å². The standard InChI is InChI=1S/C12H19NS/c1-4-11(9-13-5-2)8-12-7-6-10(3)14-12/h6-8,13H,4-5,9H2,1-3H3.